The zero-order chi connectivity index (χ0) is 10.0. The van der Waals surface area contributed by atoms with Crippen LogP contribution in [0, 0.1) is 6.92 Å². The first-order valence-corrected chi connectivity index (χ1v) is 3.71. The van der Waals surface area contributed by atoms with Crippen molar-refractivity contribution in [1.29, 1.82) is 0 Å². The van der Waals surface area contributed by atoms with E-state index >= 15 is 0 Å². The lowest BCUT2D eigenvalue weighted by atomic mass is 10.1. The molecule has 0 unspecified atom stereocenters. The first-order chi connectivity index (χ1) is 6.06. The molecule has 0 aliphatic carbocycles. The maximum Gasteiger partial charge on any atom is 0.267 e. The molecular weight excluding hydrogens is 178 g/mol. The molecule has 1 aromatic rings. The van der Waals surface area contributed by atoms with Crippen LogP contribution in [0.4, 0.5) is 14.6 Å². The van der Waals surface area contributed by atoms with Crippen molar-refractivity contribution in [1.82, 2.24) is 4.98 Å². The third-order valence-corrected chi connectivity index (χ3v) is 1.73. The largest absolute Gasteiger partial charge is 0.390 e. The summed E-state index contributed by atoms with van der Waals surface area (Å²) in [4.78, 5) is 3.62. The van der Waals surface area contributed by atoms with E-state index in [-0.39, 0.29) is 18.0 Å². The number of alkyl halides is 2. The molecule has 0 saturated heterocycles. The second kappa shape index (κ2) is 3.66. The van der Waals surface area contributed by atoms with Crippen LogP contribution in [-0.4, -0.2) is 10.1 Å². The van der Waals surface area contributed by atoms with Crippen molar-refractivity contribution < 1.29 is 13.9 Å². The molecule has 72 valence electrons. The van der Waals surface area contributed by atoms with E-state index in [1.807, 2.05) is 0 Å². The van der Waals surface area contributed by atoms with Gasteiger partial charge in [-0.3, -0.25) is 0 Å². The Morgan fingerprint density at radius 1 is 1.62 bits per heavy atom. The second-order valence-corrected chi connectivity index (χ2v) is 2.69. The fourth-order valence-electron chi connectivity index (χ4n) is 1.14. The van der Waals surface area contributed by atoms with Crippen LogP contribution in [-0.2, 0) is 6.61 Å². The summed E-state index contributed by atoms with van der Waals surface area (Å²) in [5.41, 5.74) is 5.70. The van der Waals surface area contributed by atoms with Gasteiger partial charge >= 0.3 is 0 Å². The van der Waals surface area contributed by atoms with Crippen molar-refractivity contribution in [3.8, 4) is 0 Å². The molecule has 0 bridgehead atoms. The summed E-state index contributed by atoms with van der Waals surface area (Å²) in [7, 11) is 0. The van der Waals surface area contributed by atoms with Crippen molar-refractivity contribution in [2.75, 3.05) is 5.73 Å². The Balaban J connectivity index is 3.23. The molecule has 0 radical (unpaired) electrons. The third kappa shape index (κ3) is 1.92. The third-order valence-electron chi connectivity index (χ3n) is 1.73. The van der Waals surface area contributed by atoms with Gasteiger partial charge in [-0.05, 0) is 18.6 Å². The number of pyridine rings is 1. The number of aliphatic hydroxyl groups is 1. The van der Waals surface area contributed by atoms with Crippen LogP contribution in [0.5, 0.6) is 0 Å². The average molecular weight is 188 g/mol. The maximum atomic E-state index is 12.3. The van der Waals surface area contributed by atoms with E-state index < -0.39 is 6.43 Å². The van der Waals surface area contributed by atoms with Gasteiger partial charge in [0.2, 0.25) is 0 Å². The topological polar surface area (TPSA) is 59.1 Å². The molecule has 0 spiro atoms. The molecule has 3 N–H and O–H groups in total. The molecule has 0 fully saturated rings. The molecule has 0 aliphatic heterocycles. The van der Waals surface area contributed by atoms with Gasteiger partial charge in [0.15, 0.2) is 0 Å². The number of hydrogen-bond acceptors (Lipinski definition) is 3. The summed E-state index contributed by atoms with van der Waals surface area (Å²) in [6, 6.07) is 1.40. The molecule has 0 aliphatic rings. The highest BCUT2D eigenvalue weighted by Crippen LogP contribution is 2.27. The van der Waals surface area contributed by atoms with Crippen molar-refractivity contribution in [3.05, 3.63) is 22.9 Å². The normalized spacial score (nSPS) is 10.8. The quantitative estimate of drug-likeness (QED) is 0.737. The van der Waals surface area contributed by atoms with Gasteiger partial charge in [0, 0.05) is 0 Å². The Labute approximate surface area is 74.2 Å². The van der Waals surface area contributed by atoms with Crippen molar-refractivity contribution in [2.24, 2.45) is 0 Å². The Bertz CT molecular complexity index is 292. The number of nitrogens with two attached hydrogens (primary N) is 1. The average Bonchev–Trinajstić information content (AvgIpc) is 2.02. The van der Waals surface area contributed by atoms with Gasteiger partial charge in [0.1, 0.15) is 5.82 Å². The molecule has 13 heavy (non-hydrogen) atoms. The molecule has 0 aromatic carbocycles. The first kappa shape index (κ1) is 9.85. The van der Waals surface area contributed by atoms with E-state index in [9.17, 15) is 8.78 Å². The number of nitrogens with zero attached hydrogens (tertiary/aromatic N) is 1. The number of aryl methyl sites for hydroxylation is 1. The van der Waals surface area contributed by atoms with Crippen molar-refractivity contribution in [3.63, 3.8) is 0 Å². The van der Waals surface area contributed by atoms with Crippen LogP contribution >= 0.6 is 0 Å². The molecular formula is C8H10F2N2O. The first-order valence-electron chi connectivity index (χ1n) is 3.71. The molecule has 0 saturated carbocycles. The number of rotatable bonds is 2. The van der Waals surface area contributed by atoms with Gasteiger partial charge in [-0.15, -0.1) is 0 Å². The van der Waals surface area contributed by atoms with Gasteiger partial charge in [-0.2, -0.15) is 0 Å². The maximum absolute atomic E-state index is 12.3. The lowest BCUT2D eigenvalue weighted by Gasteiger charge is -2.08. The van der Waals surface area contributed by atoms with E-state index in [0.29, 0.717) is 11.3 Å². The molecule has 1 rings (SSSR count). The van der Waals surface area contributed by atoms with Crippen LogP contribution in [0.2, 0.25) is 0 Å². The smallest absolute Gasteiger partial charge is 0.267 e. The predicted octanol–water partition coefficient (Wildman–Crippen LogP) is 1.40. The van der Waals surface area contributed by atoms with Crippen molar-refractivity contribution in [2.45, 2.75) is 20.0 Å². The van der Waals surface area contributed by atoms with Crippen LogP contribution in [0.25, 0.3) is 0 Å². The van der Waals surface area contributed by atoms with Crippen LogP contribution in [0.3, 0.4) is 0 Å². The fraction of sp³-hybridized carbons (Fsp3) is 0.375. The summed E-state index contributed by atoms with van der Waals surface area (Å²) in [6.07, 6.45) is -2.62. The number of nitrogen functional groups attached to an aromatic ring is 1. The number of hydrogen-bond donors (Lipinski definition) is 2. The molecule has 0 atom stereocenters. The van der Waals surface area contributed by atoms with Gasteiger partial charge in [0.25, 0.3) is 6.43 Å². The van der Waals surface area contributed by atoms with Gasteiger partial charge in [0.05, 0.1) is 17.9 Å². The molecule has 0 amide bonds. The molecule has 5 heteroatoms. The summed E-state index contributed by atoms with van der Waals surface area (Å²) in [6.45, 7) is 1.22. The van der Waals surface area contributed by atoms with Crippen LogP contribution < -0.4 is 5.73 Å². The highest BCUT2D eigenvalue weighted by Gasteiger charge is 2.16. The highest BCUT2D eigenvalue weighted by atomic mass is 19.3. The van der Waals surface area contributed by atoms with Crippen LogP contribution in [0.1, 0.15) is 23.2 Å². The van der Waals surface area contributed by atoms with Crippen molar-refractivity contribution >= 4 is 5.82 Å². The molecule has 1 aromatic heterocycles. The predicted molar refractivity (Wildman–Crippen MR) is 44.3 cm³/mol. The number of aromatic nitrogens is 1. The number of aliphatic hydroxyl groups excluding tert-OH is 1. The highest BCUT2D eigenvalue weighted by molar-refractivity contribution is 5.46. The SMILES string of the molecule is Cc1cc(CO)nc(N)c1C(F)F. The summed E-state index contributed by atoms with van der Waals surface area (Å²) in [5.74, 6) is -0.209. The van der Waals surface area contributed by atoms with E-state index in [4.69, 9.17) is 10.8 Å². The summed E-state index contributed by atoms with van der Waals surface area (Å²) < 4.78 is 24.7. The second-order valence-electron chi connectivity index (χ2n) is 2.69. The minimum Gasteiger partial charge on any atom is -0.390 e. The van der Waals surface area contributed by atoms with Crippen LogP contribution in [0.15, 0.2) is 6.07 Å². The Morgan fingerprint density at radius 3 is 2.62 bits per heavy atom. The van der Waals surface area contributed by atoms with E-state index in [0.717, 1.165) is 0 Å². The Kier molecular flexibility index (Phi) is 2.77. The van der Waals surface area contributed by atoms with E-state index in [1.54, 1.807) is 0 Å². The van der Waals surface area contributed by atoms with Gasteiger partial charge in [-0.25, -0.2) is 13.8 Å². The van der Waals surface area contributed by atoms with E-state index in [2.05, 4.69) is 4.98 Å². The summed E-state index contributed by atoms with van der Waals surface area (Å²) in [5, 5.41) is 8.71. The lowest BCUT2D eigenvalue weighted by molar-refractivity contribution is 0.151. The molecule has 3 nitrogen and oxygen atoms in total. The number of anilines is 1. The van der Waals surface area contributed by atoms with Gasteiger partial charge < -0.3 is 10.8 Å². The zero-order valence-corrected chi connectivity index (χ0v) is 7.09. The number of halogens is 2. The zero-order valence-electron chi connectivity index (χ0n) is 7.09. The lowest BCUT2D eigenvalue weighted by Crippen LogP contribution is -2.04. The monoisotopic (exact) mass is 188 g/mol. The van der Waals surface area contributed by atoms with Gasteiger partial charge in [-0.1, -0.05) is 0 Å². The Hall–Kier alpha value is -1.23. The van der Waals surface area contributed by atoms with E-state index in [1.165, 1.54) is 13.0 Å². The standard InChI is InChI=1S/C8H10F2N2O/c1-4-2-5(3-13)12-8(11)6(4)7(9)10/h2,7,13H,3H2,1H3,(H2,11,12). The minimum absolute atomic E-state index is 0.209. The fourth-order valence-corrected chi connectivity index (χ4v) is 1.14. The Morgan fingerprint density at radius 2 is 2.23 bits per heavy atom. The summed E-state index contributed by atoms with van der Waals surface area (Å²) >= 11 is 0. The minimum atomic E-state index is -2.62. The molecule has 1 heterocycles.